The Balaban J connectivity index is 1.32. The summed E-state index contributed by atoms with van der Waals surface area (Å²) in [5.74, 6) is 3.22. The van der Waals surface area contributed by atoms with Gasteiger partial charge in [-0.15, -0.1) is 10.2 Å². The first kappa shape index (κ1) is 18.9. The number of aromatic nitrogens is 3. The molecular formula is C20H33N5O2. The van der Waals surface area contributed by atoms with Crippen molar-refractivity contribution in [2.75, 3.05) is 39.4 Å². The average molecular weight is 376 g/mol. The van der Waals surface area contributed by atoms with Gasteiger partial charge >= 0.3 is 0 Å². The maximum atomic E-state index is 12.8. The van der Waals surface area contributed by atoms with E-state index in [4.69, 9.17) is 4.74 Å². The van der Waals surface area contributed by atoms with Crippen LogP contribution in [0.15, 0.2) is 0 Å². The standard InChI is InChI=1S/C20H33N5O2/c1-23-18(15-24-11-13-27-14-12-24)21-22-19(23)16-7-9-25(10-8-16)20(26)17-5-3-2-4-6-17/h16-17H,2-15H2,1H3. The second kappa shape index (κ2) is 8.69. The number of morpholine rings is 1. The molecule has 4 rings (SSSR count). The maximum absolute atomic E-state index is 12.8. The van der Waals surface area contributed by atoms with Crippen molar-refractivity contribution in [3.05, 3.63) is 11.6 Å². The van der Waals surface area contributed by atoms with Crippen molar-refractivity contribution in [2.45, 2.75) is 57.4 Å². The number of hydrogen-bond acceptors (Lipinski definition) is 5. The highest BCUT2D eigenvalue weighted by molar-refractivity contribution is 5.79. The molecule has 1 aromatic heterocycles. The van der Waals surface area contributed by atoms with Gasteiger partial charge < -0.3 is 14.2 Å². The van der Waals surface area contributed by atoms with E-state index < -0.39 is 0 Å². The van der Waals surface area contributed by atoms with E-state index in [0.29, 0.717) is 11.8 Å². The third-order valence-electron chi connectivity index (χ3n) is 6.59. The molecule has 0 N–H and O–H groups in total. The molecule has 0 radical (unpaired) electrons. The van der Waals surface area contributed by atoms with Gasteiger partial charge in [0.1, 0.15) is 11.6 Å². The van der Waals surface area contributed by atoms with Crippen molar-refractivity contribution in [3.63, 3.8) is 0 Å². The van der Waals surface area contributed by atoms with E-state index in [1.165, 1.54) is 19.3 Å². The number of piperidine rings is 1. The van der Waals surface area contributed by atoms with Gasteiger partial charge in [0, 0.05) is 45.1 Å². The molecule has 150 valence electrons. The van der Waals surface area contributed by atoms with Crippen molar-refractivity contribution in [1.82, 2.24) is 24.6 Å². The maximum Gasteiger partial charge on any atom is 0.225 e. The Morgan fingerprint density at radius 1 is 1.00 bits per heavy atom. The minimum Gasteiger partial charge on any atom is -0.379 e. The Morgan fingerprint density at radius 2 is 1.70 bits per heavy atom. The van der Waals surface area contributed by atoms with Gasteiger partial charge in [-0.05, 0) is 25.7 Å². The van der Waals surface area contributed by atoms with E-state index in [-0.39, 0.29) is 5.92 Å². The highest BCUT2D eigenvalue weighted by Gasteiger charge is 2.31. The molecule has 1 aromatic rings. The molecule has 0 aromatic carbocycles. The van der Waals surface area contributed by atoms with Crippen LogP contribution in [0.4, 0.5) is 0 Å². The van der Waals surface area contributed by atoms with Crippen LogP contribution in [0.1, 0.15) is 62.5 Å². The largest absolute Gasteiger partial charge is 0.379 e. The minimum absolute atomic E-state index is 0.283. The van der Waals surface area contributed by atoms with Crippen molar-refractivity contribution in [1.29, 1.82) is 0 Å². The zero-order valence-corrected chi connectivity index (χ0v) is 16.6. The summed E-state index contributed by atoms with van der Waals surface area (Å²) in [6, 6.07) is 0. The van der Waals surface area contributed by atoms with Gasteiger partial charge in [0.05, 0.1) is 19.8 Å². The number of hydrogen-bond donors (Lipinski definition) is 0. The van der Waals surface area contributed by atoms with Crippen LogP contribution in [0.5, 0.6) is 0 Å². The monoisotopic (exact) mass is 375 g/mol. The SMILES string of the molecule is Cn1c(CN2CCOCC2)nnc1C1CCN(C(=O)C2CCCCC2)CC1. The van der Waals surface area contributed by atoms with Gasteiger partial charge in [-0.25, -0.2) is 0 Å². The van der Waals surface area contributed by atoms with Gasteiger partial charge in [-0.1, -0.05) is 19.3 Å². The molecule has 3 heterocycles. The number of carbonyl (C=O) groups is 1. The Labute approximate surface area is 162 Å². The predicted molar refractivity (Wildman–Crippen MR) is 102 cm³/mol. The molecule has 0 atom stereocenters. The zero-order chi connectivity index (χ0) is 18.6. The van der Waals surface area contributed by atoms with Gasteiger partial charge in [-0.2, -0.15) is 0 Å². The van der Waals surface area contributed by atoms with Crippen LogP contribution >= 0.6 is 0 Å². The molecule has 0 bridgehead atoms. The van der Waals surface area contributed by atoms with Gasteiger partial charge in [0.25, 0.3) is 0 Å². The van der Waals surface area contributed by atoms with Crippen LogP contribution in [0.2, 0.25) is 0 Å². The molecule has 1 amide bonds. The summed E-state index contributed by atoms with van der Waals surface area (Å²) in [5.41, 5.74) is 0. The van der Waals surface area contributed by atoms with Crippen LogP contribution in [0, 0.1) is 5.92 Å². The third kappa shape index (κ3) is 4.35. The summed E-state index contributed by atoms with van der Waals surface area (Å²) in [6.45, 7) is 6.10. The molecule has 7 heteroatoms. The summed E-state index contributed by atoms with van der Waals surface area (Å²) in [5, 5.41) is 8.98. The van der Waals surface area contributed by atoms with Gasteiger partial charge in [0.15, 0.2) is 0 Å². The number of rotatable bonds is 4. The molecule has 7 nitrogen and oxygen atoms in total. The van der Waals surface area contributed by atoms with Crippen molar-refractivity contribution >= 4 is 5.91 Å². The molecule has 3 aliphatic rings. The Hall–Kier alpha value is -1.47. The molecule has 0 spiro atoms. The van der Waals surface area contributed by atoms with E-state index in [2.05, 4.69) is 31.6 Å². The lowest BCUT2D eigenvalue weighted by molar-refractivity contribution is -0.137. The second-order valence-corrected chi connectivity index (χ2v) is 8.36. The van der Waals surface area contributed by atoms with Gasteiger partial charge in [0.2, 0.25) is 5.91 Å². The number of carbonyl (C=O) groups excluding carboxylic acids is 1. The van der Waals surface area contributed by atoms with Crippen LogP contribution in [0.25, 0.3) is 0 Å². The van der Waals surface area contributed by atoms with Crippen LogP contribution in [0.3, 0.4) is 0 Å². The quantitative estimate of drug-likeness (QED) is 0.805. The number of amides is 1. The predicted octanol–water partition coefficient (Wildman–Crippen LogP) is 1.93. The molecule has 1 aliphatic carbocycles. The number of ether oxygens (including phenoxy) is 1. The third-order valence-corrected chi connectivity index (χ3v) is 6.59. The van der Waals surface area contributed by atoms with E-state index in [1.807, 2.05) is 0 Å². The first-order valence-electron chi connectivity index (χ1n) is 10.7. The Morgan fingerprint density at radius 3 is 2.41 bits per heavy atom. The molecule has 0 unspecified atom stereocenters. The van der Waals surface area contributed by atoms with Crippen molar-refractivity contribution < 1.29 is 9.53 Å². The summed E-state index contributed by atoms with van der Waals surface area (Å²) in [7, 11) is 2.09. The highest BCUT2D eigenvalue weighted by atomic mass is 16.5. The molecule has 3 fully saturated rings. The minimum atomic E-state index is 0.283. The first-order chi connectivity index (χ1) is 13.2. The summed E-state index contributed by atoms with van der Waals surface area (Å²) >= 11 is 0. The summed E-state index contributed by atoms with van der Waals surface area (Å²) < 4.78 is 7.60. The lowest BCUT2D eigenvalue weighted by Crippen LogP contribution is -2.42. The molecule has 2 saturated heterocycles. The van der Waals surface area contributed by atoms with Gasteiger partial charge in [-0.3, -0.25) is 9.69 Å². The number of likely N-dealkylation sites (tertiary alicyclic amines) is 1. The lowest BCUT2D eigenvalue weighted by Gasteiger charge is -2.35. The average Bonchev–Trinajstić information content (AvgIpc) is 3.09. The Kier molecular flexibility index (Phi) is 6.08. The van der Waals surface area contributed by atoms with E-state index >= 15 is 0 Å². The fourth-order valence-corrected chi connectivity index (χ4v) is 4.79. The first-order valence-corrected chi connectivity index (χ1v) is 10.7. The van der Waals surface area contributed by atoms with Crippen LogP contribution < -0.4 is 0 Å². The summed E-state index contributed by atoms with van der Waals surface area (Å²) in [4.78, 5) is 17.3. The zero-order valence-electron chi connectivity index (χ0n) is 16.6. The normalized spacial score (nSPS) is 23.7. The van der Waals surface area contributed by atoms with Crippen molar-refractivity contribution in [3.8, 4) is 0 Å². The Bertz CT molecular complexity index is 626. The smallest absolute Gasteiger partial charge is 0.225 e. The summed E-state index contributed by atoms with van der Waals surface area (Å²) in [6.07, 6.45) is 7.92. The van der Waals surface area contributed by atoms with E-state index in [1.54, 1.807) is 0 Å². The number of nitrogens with zero attached hydrogens (tertiary/aromatic N) is 5. The fraction of sp³-hybridized carbons (Fsp3) is 0.850. The molecule has 1 saturated carbocycles. The van der Waals surface area contributed by atoms with Crippen LogP contribution in [-0.2, 0) is 23.1 Å². The highest BCUT2D eigenvalue weighted by Crippen LogP contribution is 2.30. The molecule has 2 aliphatic heterocycles. The van der Waals surface area contributed by atoms with Crippen molar-refractivity contribution in [2.24, 2.45) is 13.0 Å². The molecule has 27 heavy (non-hydrogen) atoms. The van der Waals surface area contributed by atoms with Crippen LogP contribution in [-0.4, -0.2) is 69.9 Å². The second-order valence-electron chi connectivity index (χ2n) is 8.36. The van der Waals surface area contributed by atoms with E-state index in [0.717, 1.165) is 83.3 Å². The lowest BCUT2D eigenvalue weighted by atomic mass is 9.87. The fourth-order valence-electron chi connectivity index (χ4n) is 4.79. The molecular weight excluding hydrogens is 342 g/mol. The van der Waals surface area contributed by atoms with E-state index in [9.17, 15) is 4.79 Å². The topological polar surface area (TPSA) is 63.5 Å².